The summed E-state index contributed by atoms with van der Waals surface area (Å²) in [6, 6.07) is 3.75. The molecule has 4 heteroatoms. The minimum atomic E-state index is -0.522. The summed E-state index contributed by atoms with van der Waals surface area (Å²) in [5.74, 6) is 0. The third-order valence-corrected chi connectivity index (χ3v) is 2.04. The number of hydrogen-bond acceptors (Lipinski definition) is 2. The molecule has 3 nitrogen and oxygen atoms in total. The molecule has 0 aliphatic heterocycles. The summed E-state index contributed by atoms with van der Waals surface area (Å²) in [6.07, 6.45) is 3.48. The highest BCUT2D eigenvalue weighted by Gasteiger charge is 2.09. The van der Waals surface area contributed by atoms with E-state index in [1.165, 1.54) is 0 Å². The number of pyridine rings is 1. The molecule has 0 amide bonds. The highest BCUT2D eigenvalue weighted by Crippen LogP contribution is 2.12. The minimum absolute atomic E-state index is 0.307. The second-order valence-electron chi connectivity index (χ2n) is 2.87. The number of aryl methyl sites for hydroxylation is 1. The molecule has 0 radical (unpaired) electrons. The summed E-state index contributed by atoms with van der Waals surface area (Å²) >= 11 is 5.35. The molecule has 0 N–H and O–H groups in total. The molecule has 0 atom stereocenters. The molecule has 0 saturated heterocycles. The van der Waals surface area contributed by atoms with E-state index in [1.807, 2.05) is 25.3 Å². The van der Waals surface area contributed by atoms with Gasteiger partial charge in [0.1, 0.15) is 12.0 Å². The Morgan fingerprint density at radius 1 is 1.54 bits per heavy atom. The number of aromatic nitrogens is 2. The lowest BCUT2D eigenvalue weighted by Gasteiger charge is -1.95. The molecule has 2 aromatic rings. The van der Waals surface area contributed by atoms with Crippen LogP contribution in [0, 0.1) is 6.92 Å². The molecule has 0 aliphatic carbocycles. The first-order valence-electron chi connectivity index (χ1n) is 3.81. The molecule has 0 aromatic carbocycles. The quantitative estimate of drug-likeness (QED) is 0.651. The van der Waals surface area contributed by atoms with E-state index < -0.39 is 5.24 Å². The molecule has 13 heavy (non-hydrogen) atoms. The van der Waals surface area contributed by atoms with Crippen LogP contribution in [-0.4, -0.2) is 14.6 Å². The SMILES string of the molecule is Cc1ccc2c(C(=O)Cl)ncn2c1. The number of nitrogens with zero attached hydrogens (tertiary/aromatic N) is 2. The molecule has 0 unspecified atom stereocenters. The highest BCUT2D eigenvalue weighted by atomic mass is 35.5. The zero-order chi connectivity index (χ0) is 9.42. The van der Waals surface area contributed by atoms with Crippen molar-refractivity contribution in [1.82, 2.24) is 9.38 Å². The topological polar surface area (TPSA) is 34.4 Å². The molecule has 0 fully saturated rings. The standard InChI is InChI=1S/C9H7ClN2O/c1-6-2-3-7-8(9(10)13)11-5-12(7)4-6/h2-5H,1H3. The number of imidazole rings is 1. The predicted octanol–water partition coefficient (Wildman–Crippen LogP) is 2.02. The van der Waals surface area contributed by atoms with Crippen LogP contribution in [0.5, 0.6) is 0 Å². The maximum absolute atomic E-state index is 10.9. The van der Waals surface area contributed by atoms with Crippen molar-refractivity contribution in [3.8, 4) is 0 Å². The third-order valence-electron chi connectivity index (χ3n) is 1.87. The van der Waals surface area contributed by atoms with Gasteiger partial charge < -0.3 is 4.40 Å². The van der Waals surface area contributed by atoms with E-state index in [0.717, 1.165) is 11.1 Å². The molecule has 0 saturated carbocycles. The summed E-state index contributed by atoms with van der Waals surface area (Å²) in [4.78, 5) is 14.8. The molecule has 2 heterocycles. The summed E-state index contributed by atoms with van der Waals surface area (Å²) in [6.45, 7) is 1.97. The Balaban J connectivity index is 2.76. The van der Waals surface area contributed by atoms with Crippen LogP contribution in [0.1, 0.15) is 16.1 Å². The lowest BCUT2D eigenvalue weighted by atomic mass is 10.3. The van der Waals surface area contributed by atoms with Crippen molar-refractivity contribution in [1.29, 1.82) is 0 Å². The fraction of sp³-hybridized carbons (Fsp3) is 0.111. The molecule has 0 bridgehead atoms. The van der Waals surface area contributed by atoms with Gasteiger partial charge in [-0.2, -0.15) is 0 Å². The van der Waals surface area contributed by atoms with E-state index in [2.05, 4.69) is 4.98 Å². The predicted molar refractivity (Wildman–Crippen MR) is 50.1 cm³/mol. The van der Waals surface area contributed by atoms with Crippen molar-refractivity contribution in [3.05, 3.63) is 35.9 Å². The van der Waals surface area contributed by atoms with Crippen LogP contribution >= 0.6 is 11.6 Å². The second-order valence-corrected chi connectivity index (χ2v) is 3.21. The van der Waals surface area contributed by atoms with Crippen molar-refractivity contribution in [2.45, 2.75) is 6.92 Å². The van der Waals surface area contributed by atoms with Crippen molar-refractivity contribution >= 4 is 22.4 Å². The fourth-order valence-electron chi connectivity index (χ4n) is 1.26. The number of rotatable bonds is 1. The van der Waals surface area contributed by atoms with Crippen LogP contribution in [0.15, 0.2) is 24.7 Å². The maximum Gasteiger partial charge on any atom is 0.273 e. The monoisotopic (exact) mass is 194 g/mol. The third kappa shape index (κ3) is 1.31. The molecular weight excluding hydrogens is 188 g/mol. The molecular formula is C9H7ClN2O. The van der Waals surface area contributed by atoms with Crippen molar-refractivity contribution < 1.29 is 4.79 Å². The lowest BCUT2D eigenvalue weighted by molar-refractivity contribution is 0.107. The molecule has 66 valence electrons. The molecule has 2 rings (SSSR count). The smallest absolute Gasteiger partial charge is 0.273 e. The second kappa shape index (κ2) is 2.85. The summed E-state index contributed by atoms with van der Waals surface area (Å²) < 4.78 is 1.78. The van der Waals surface area contributed by atoms with Gasteiger partial charge in [0, 0.05) is 6.20 Å². The van der Waals surface area contributed by atoms with Gasteiger partial charge in [0.15, 0.2) is 0 Å². The summed E-state index contributed by atoms with van der Waals surface area (Å²) in [5, 5.41) is -0.522. The fourth-order valence-corrected chi connectivity index (χ4v) is 1.41. The van der Waals surface area contributed by atoms with Crippen LogP contribution in [0.3, 0.4) is 0 Å². The van der Waals surface area contributed by atoms with Gasteiger partial charge in [0.2, 0.25) is 0 Å². The Morgan fingerprint density at radius 2 is 2.31 bits per heavy atom. The van der Waals surface area contributed by atoms with Gasteiger partial charge in [-0.05, 0) is 30.2 Å². The number of carbonyl (C=O) groups excluding carboxylic acids is 1. The number of halogens is 1. The summed E-state index contributed by atoms with van der Waals surface area (Å²) in [7, 11) is 0. The zero-order valence-electron chi connectivity index (χ0n) is 6.99. The van der Waals surface area contributed by atoms with E-state index in [4.69, 9.17) is 11.6 Å². The first kappa shape index (κ1) is 8.26. The Kier molecular flexibility index (Phi) is 1.81. The van der Waals surface area contributed by atoms with Gasteiger partial charge in [-0.3, -0.25) is 4.79 Å². The zero-order valence-corrected chi connectivity index (χ0v) is 7.75. The average Bonchev–Trinajstić information content (AvgIpc) is 2.46. The van der Waals surface area contributed by atoms with Crippen molar-refractivity contribution in [3.63, 3.8) is 0 Å². The largest absolute Gasteiger partial charge is 0.305 e. The van der Waals surface area contributed by atoms with Gasteiger partial charge in [0.05, 0.1) is 5.52 Å². The van der Waals surface area contributed by atoms with E-state index in [0.29, 0.717) is 5.69 Å². The normalized spacial score (nSPS) is 10.6. The highest BCUT2D eigenvalue weighted by molar-refractivity contribution is 6.68. The Hall–Kier alpha value is -1.35. The van der Waals surface area contributed by atoms with Crippen molar-refractivity contribution in [2.24, 2.45) is 0 Å². The Labute approximate surface area is 80.0 Å². The van der Waals surface area contributed by atoms with Gasteiger partial charge in [-0.1, -0.05) is 6.07 Å². The van der Waals surface area contributed by atoms with Crippen LogP contribution in [0.4, 0.5) is 0 Å². The first-order valence-corrected chi connectivity index (χ1v) is 4.19. The van der Waals surface area contributed by atoms with Crippen LogP contribution in [-0.2, 0) is 0 Å². The first-order chi connectivity index (χ1) is 6.18. The van der Waals surface area contributed by atoms with E-state index >= 15 is 0 Å². The summed E-state index contributed by atoms with van der Waals surface area (Å²) in [5.41, 5.74) is 2.16. The van der Waals surface area contributed by atoms with Gasteiger partial charge in [-0.25, -0.2) is 4.98 Å². The minimum Gasteiger partial charge on any atom is -0.305 e. The molecule has 2 aromatic heterocycles. The number of fused-ring (bicyclic) bond motifs is 1. The molecule has 0 aliphatic rings. The van der Waals surface area contributed by atoms with E-state index in [-0.39, 0.29) is 0 Å². The van der Waals surface area contributed by atoms with Crippen LogP contribution in [0.25, 0.3) is 5.52 Å². The van der Waals surface area contributed by atoms with Crippen molar-refractivity contribution in [2.75, 3.05) is 0 Å². The van der Waals surface area contributed by atoms with E-state index in [9.17, 15) is 4.79 Å². The lowest BCUT2D eigenvalue weighted by Crippen LogP contribution is -1.90. The van der Waals surface area contributed by atoms with E-state index in [1.54, 1.807) is 10.7 Å². The van der Waals surface area contributed by atoms with Gasteiger partial charge in [-0.15, -0.1) is 0 Å². The molecule has 0 spiro atoms. The van der Waals surface area contributed by atoms with Gasteiger partial charge in [0.25, 0.3) is 5.24 Å². The number of hydrogen-bond donors (Lipinski definition) is 0. The van der Waals surface area contributed by atoms with Gasteiger partial charge >= 0.3 is 0 Å². The maximum atomic E-state index is 10.9. The Morgan fingerprint density at radius 3 is 3.00 bits per heavy atom. The Bertz CT molecular complexity index is 475. The van der Waals surface area contributed by atoms with Crippen LogP contribution < -0.4 is 0 Å². The van der Waals surface area contributed by atoms with Crippen LogP contribution in [0.2, 0.25) is 0 Å². The average molecular weight is 195 g/mol. The number of carbonyl (C=O) groups is 1.